The van der Waals surface area contributed by atoms with Gasteiger partial charge in [0.25, 0.3) is 0 Å². The number of ether oxygens (including phenoxy) is 4. The largest absolute Gasteiger partial charge is 0.496 e. The molecule has 0 heterocycles. The first-order valence-corrected chi connectivity index (χ1v) is 7.26. The van der Waals surface area contributed by atoms with Crippen LogP contribution in [0.4, 0.5) is 0 Å². The van der Waals surface area contributed by atoms with Gasteiger partial charge >= 0.3 is 0 Å². The second kappa shape index (κ2) is 7.52. The minimum absolute atomic E-state index is 0.384. The lowest BCUT2D eigenvalue weighted by atomic mass is 10.1. The lowest BCUT2D eigenvalue weighted by Crippen LogP contribution is -2.26. The first kappa shape index (κ1) is 15.9. The molecule has 2 rings (SSSR count). The van der Waals surface area contributed by atoms with Gasteiger partial charge in [-0.2, -0.15) is 0 Å². The van der Waals surface area contributed by atoms with Crippen molar-refractivity contribution in [1.82, 2.24) is 5.32 Å². The number of nitrogens with one attached hydrogen (secondary N) is 1. The molecule has 5 nitrogen and oxygen atoms in total. The van der Waals surface area contributed by atoms with Gasteiger partial charge in [-0.3, -0.25) is 0 Å². The molecule has 0 spiro atoms. The highest BCUT2D eigenvalue weighted by Crippen LogP contribution is 2.34. The van der Waals surface area contributed by atoms with Gasteiger partial charge in [-0.05, 0) is 25.3 Å². The highest BCUT2D eigenvalue weighted by Gasteiger charge is 2.24. The summed E-state index contributed by atoms with van der Waals surface area (Å²) < 4.78 is 21.5. The third-order valence-electron chi connectivity index (χ3n) is 4.09. The molecule has 1 fully saturated rings. The van der Waals surface area contributed by atoms with Crippen LogP contribution in [0.2, 0.25) is 0 Å². The molecule has 0 radical (unpaired) electrons. The van der Waals surface area contributed by atoms with Crippen molar-refractivity contribution in [3.63, 3.8) is 0 Å². The summed E-state index contributed by atoms with van der Waals surface area (Å²) >= 11 is 0. The molecule has 1 aliphatic rings. The monoisotopic (exact) mass is 295 g/mol. The van der Waals surface area contributed by atoms with Crippen molar-refractivity contribution in [3.8, 4) is 17.2 Å². The van der Waals surface area contributed by atoms with Crippen molar-refractivity contribution in [1.29, 1.82) is 0 Å². The van der Waals surface area contributed by atoms with Crippen LogP contribution < -0.4 is 19.5 Å². The Labute approximate surface area is 126 Å². The van der Waals surface area contributed by atoms with Gasteiger partial charge in [0.15, 0.2) is 11.5 Å². The van der Waals surface area contributed by atoms with Crippen LogP contribution in [0.25, 0.3) is 0 Å². The van der Waals surface area contributed by atoms with Crippen molar-refractivity contribution in [2.75, 3.05) is 28.4 Å². The van der Waals surface area contributed by atoms with Gasteiger partial charge in [-0.15, -0.1) is 0 Å². The molecule has 0 bridgehead atoms. The second-order valence-corrected chi connectivity index (χ2v) is 5.27. The predicted molar refractivity (Wildman–Crippen MR) is 81.4 cm³/mol. The molecule has 2 unspecified atom stereocenters. The van der Waals surface area contributed by atoms with Crippen LogP contribution in [0.15, 0.2) is 12.1 Å². The maximum absolute atomic E-state index is 5.44. The maximum atomic E-state index is 5.44. The highest BCUT2D eigenvalue weighted by atomic mass is 16.5. The Bertz CT molecular complexity index is 464. The van der Waals surface area contributed by atoms with E-state index in [2.05, 4.69) is 5.32 Å². The number of rotatable bonds is 7. The molecular formula is C16H25NO4. The molecule has 1 aromatic carbocycles. The van der Waals surface area contributed by atoms with Crippen LogP contribution in [0.1, 0.15) is 24.8 Å². The van der Waals surface area contributed by atoms with Crippen molar-refractivity contribution >= 4 is 0 Å². The molecule has 1 aliphatic carbocycles. The summed E-state index contributed by atoms with van der Waals surface area (Å²) in [5, 5.41) is 3.57. The summed E-state index contributed by atoms with van der Waals surface area (Å²) in [6.07, 6.45) is 3.71. The van der Waals surface area contributed by atoms with Crippen LogP contribution >= 0.6 is 0 Å². The molecule has 1 aromatic rings. The van der Waals surface area contributed by atoms with Crippen LogP contribution in [0.3, 0.4) is 0 Å². The predicted octanol–water partition coefficient (Wildman–Crippen LogP) is 2.37. The fourth-order valence-corrected chi connectivity index (χ4v) is 2.82. The van der Waals surface area contributed by atoms with E-state index in [0.717, 1.165) is 42.9 Å². The van der Waals surface area contributed by atoms with E-state index in [-0.39, 0.29) is 0 Å². The molecule has 0 amide bonds. The lowest BCUT2D eigenvalue weighted by Gasteiger charge is -2.17. The van der Waals surface area contributed by atoms with E-state index in [4.69, 9.17) is 18.9 Å². The summed E-state index contributed by atoms with van der Waals surface area (Å²) in [7, 11) is 6.71. The normalized spacial score (nSPS) is 21.3. The Kier molecular flexibility index (Phi) is 5.70. The standard InChI is InChI=1S/C16H25NO4/c1-18-13-6-5-12(8-13)17-10-11-7-15(20-3)16(21-4)9-14(11)19-2/h7,9,12-13,17H,5-6,8,10H2,1-4H3. The van der Waals surface area contributed by atoms with Crippen LogP contribution in [-0.4, -0.2) is 40.6 Å². The SMILES string of the molecule is COc1cc(OC)c(OC)cc1CNC1CCC(OC)C1. The molecule has 118 valence electrons. The molecule has 0 saturated heterocycles. The van der Waals surface area contributed by atoms with E-state index < -0.39 is 0 Å². The molecule has 21 heavy (non-hydrogen) atoms. The smallest absolute Gasteiger partial charge is 0.164 e. The van der Waals surface area contributed by atoms with Crippen molar-refractivity contribution in [3.05, 3.63) is 17.7 Å². The molecule has 1 N–H and O–H groups in total. The molecule has 2 atom stereocenters. The molecule has 0 aromatic heterocycles. The lowest BCUT2D eigenvalue weighted by molar-refractivity contribution is 0.107. The Morgan fingerprint density at radius 1 is 0.952 bits per heavy atom. The van der Waals surface area contributed by atoms with Gasteiger partial charge in [0, 0.05) is 31.3 Å². The number of methoxy groups -OCH3 is 4. The topological polar surface area (TPSA) is 49.0 Å². The maximum Gasteiger partial charge on any atom is 0.164 e. The van der Waals surface area contributed by atoms with Crippen molar-refractivity contribution in [2.24, 2.45) is 0 Å². The fourth-order valence-electron chi connectivity index (χ4n) is 2.82. The molecule has 1 saturated carbocycles. The zero-order valence-electron chi connectivity index (χ0n) is 13.3. The Hall–Kier alpha value is -1.46. The minimum Gasteiger partial charge on any atom is -0.496 e. The first-order valence-electron chi connectivity index (χ1n) is 7.26. The number of benzene rings is 1. The minimum atomic E-state index is 0.384. The fraction of sp³-hybridized carbons (Fsp3) is 0.625. The summed E-state index contributed by atoms with van der Waals surface area (Å²) in [6, 6.07) is 4.32. The van der Waals surface area contributed by atoms with Gasteiger partial charge in [0.1, 0.15) is 5.75 Å². The second-order valence-electron chi connectivity index (χ2n) is 5.27. The van der Waals surface area contributed by atoms with Crippen LogP contribution in [0.5, 0.6) is 17.2 Å². The Balaban J connectivity index is 2.05. The average molecular weight is 295 g/mol. The van der Waals surface area contributed by atoms with Crippen LogP contribution in [0, 0.1) is 0 Å². The summed E-state index contributed by atoms with van der Waals surface area (Å²) in [4.78, 5) is 0. The third kappa shape index (κ3) is 3.80. The van der Waals surface area contributed by atoms with Crippen molar-refractivity contribution < 1.29 is 18.9 Å². The molecule has 0 aliphatic heterocycles. The van der Waals surface area contributed by atoms with E-state index in [1.165, 1.54) is 0 Å². The van der Waals surface area contributed by atoms with Gasteiger partial charge < -0.3 is 24.3 Å². The first-order chi connectivity index (χ1) is 10.2. The summed E-state index contributed by atoms with van der Waals surface area (Å²) in [5.74, 6) is 2.20. The van der Waals surface area contributed by atoms with Gasteiger partial charge in [-0.1, -0.05) is 0 Å². The number of hydrogen-bond acceptors (Lipinski definition) is 5. The van der Waals surface area contributed by atoms with Crippen molar-refractivity contribution in [2.45, 2.75) is 38.0 Å². The summed E-state index contributed by atoms with van der Waals surface area (Å²) in [5.41, 5.74) is 1.07. The van der Waals surface area contributed by atoms with Gasteiger partial charge in [-0.25, -0.2) is 0 Å². The van der Waals surface area contributed by atoms with Gasteiger partial charge in [0.05, 0.1) is 27.4 Å². The summed E-state index contributed by atoms with van der Waals surface area (Å²) in [6.45, 7) is 0.741. The number of hydrogen-bond donors (Lipinski definition) is 1. The zero-order valence-corrected chi connectivity index (χ0v) is 13.3. The Morgan fingerprint density at radius 2 is 1.62 bits per heavy atom. The van der Waals surface area contributed by atoms with E-state index in [1.807, 2.05) is 12.1 Å². The van der Waals surface area contributed by atoms with E-state index in [0.29, 0.717) is 17.9 Å². The van der Waals surface area contributed by atoms with E-state index >= 15 is 0 Å². The average Bonchev–Trinajstić information content (AvgIpc) is 2.99. The van der Waals surface area contributed by atoms with E-state index in [9.17, 15) is 0 Å². The quantitative estimate of drug-likeness (QED) is 0.837. The zero-order chi connectivity index (χ0) is 15.2. The molecule has 5 heteroatoms. The van der Waals surface area contributed by atoms with Crippen LogP contribution in [-0.2, 0) is 11.3 Å². The third-order valence-corrected chi connectivity index (χ3v) is 4.09. The van der Waals surface area contributed by atoms with Gasteiger partial charge in [0.2, 0.25) is 0 Å². The Morgan fingerprint density at radius 3 is 2.19 bits per heavy atom. The molecular weight excluding hydrogens is 270 g/mol. The highest BCUT2D eigenvalue weighted by molar-refractivity contribution is 5.50. The van der Waals surface area contributed by atoms with E-state index in [1.54, 1.807) is 28.4 Å².